The third-order valence-electron chi connectivity index (χ3n) is 3.77. The standard InChI is InChI=1S/C16H25NO5/c1-14(2,3)21-12(19)17(13(20)22-15(4,5)6)16-8-10(16)7-11(18)9-16/h10H,7-9H2,1-6H3. The van der Waals surface area contributed by atoms with Gasteiger partial charge >= 0.3 is 12.2 Å². The van der Waals surface area contributed by atoms with E-state index < -0.39 is 28.9 Å². The first-order valence-electron chi connectivity index (χ1n) is 7.62. The van der Waals surface area contributed by atoms with Gasteiger partial charge in [0, 0.05) is 12.8 Å². The number of nitrogens with zero attached hydrogens (tertiary/aromatic N) is 1. The number of ketones is 1. The Labute approximate surface area is 131 Å². The number of rotatable bonds is 1. The van der Waals surface area contributed by atoms with E-state index >= 15 is 0 Å². The average molecular weight is 311 g/mol. The van der Waals surface area contributed by atoms with E-state index in [1.54, 1.807) is 41.5 Å². The van der Waals surface area contributed by atoms with Crippen molar-refractivity contribution >= 4 is 18.0 Å². The van der Waals surface area contributed by atoms with Gasteiger partial charge < -0.3 is 9.47 Å². The summed E-state index contributed by atoms with van der Waals surface area (Å²) >= 11 is 0. The van der Waals surface area contributed by atoms with Gasteiger partial charge in [0.2, 0.25) is 0 Å². The van der Waals surface area contributed by atoms with Gasteiger partial charge in [-0.3, -0.25) is 4.79 Å². The number of ether oxygens (including phenoxy) is 2. The Hall–Kier alpha value is -1.59. The van der Waals surface area contributed by atoms with Crippen LogP contribution >= 0.6 is 0 Å². The fraction of sp³-hybridized carbons (Fsp3) is 0.812. The molecule has 0 spiro atoms. The van der Waals surface area contributed by atoms with Gasteiger partial charge in [0.1, 0.15) is 17.0 Å². The molecule has 0 aromatic heterocycles. The first kappa shape index (κ1) is 16.8. The van der Waals surface area contributed by atoms with E-state index in [1.807, 2.05) is 0 Å². The van der Waals surface area contributed by atoms with Crippen molar-refractivity contribution < 1.29 is 23.9 Å². The van der Waals surface area contributed by atoms with Gasteiger partial charge in [0.15, 0.2) is 0 Å². The van der Waals surface area contributed by atoms with Crippen LogP contribution < -0.4 is 0 Å². The summed E-state index contributed by atoms with van der Waals surface area (Å²) in [7, 11) is 0. The lowest BCUT2D eigenvalue weighted by atomic mass is 10.1. The quantitative estimate of drug-likeness (QED) is 0.743. The zero-order valence-corrected chi connectivity index (χ0v) is 14.2. The van der Waals surface area contributed by atoms with Crippen molar-refractivity contribution in [3.8, 4) is 0 Å². The second kappa shape index (κ2) is 4.96. The van der Waals surface area contributed by atoms with Crippen molar-refractivity contribution in [1.29, 1.82) is 0 Å². The fourth-order valence-electron chi connectivity index (χ4n) is 2.94. The summed E-state index contributed by atoms with van der Waals surface area (Å²) in [6.07, 6.45) is -0.201. The lowest BCUT2D eigenvalue weighted by Crippen LogP contribution is -2.50. The molecule has 0 heterocycles. The van der Waals surface area contributed by atoms with Gasteiger partial charge in [-0.15, -0.1) is 0 Å². The molecule has 0 aromatic carbocycles. The van der Waals surface area contributed by atoms with Crippen LogP contribution in [0.1, 0.15) is 60.8 Å². The summed E-state index contributed by atoms with van der Waals surface area (Å²) in [5.74, 6) is 0.119. The van der Waals surface area contributed by atoms with Crippen LogP contribution in [0.3, 0.4) is 0 Å². The van der Waals surface area contributed by atoms with Gasteiger partial charge in [-0.25, -0.2) is 14.5 Å². The molecule has 2 aliphatic rings. The number of hydrogen-bond donors (Lipinski definition) is 0. The summed E-state index contributed by atoms with van der Waals surface area (Å²) in [6.45, 7) is 10.4. The molecule has 2 aliphatic carbocycles. The minimum absolute atomic E-state index is 0.0417. The van der Waals surface area contributed by atoms with E-state index in [9.17, 15) is 14.4 Å². The Bertz CT molecular complexity index is 486. The second-order valence-corrected chi connectivity index (χ2v) is 8.22. The highest BCUT2D eigenvalue weighted by Gasteiger charge is 2.68. The van der Waals surface area contributed by atoms with Crippen LogP contribution in [-0.2, 0) is 14.3 Å². The van der Waals surface area contributed by atoms with Gasteiger partial charge in [-0.1, -0.05) is 0 Å². The summed E-state index contributed by atoms with van der Waals surface area (Å²) in [6, 6.07) is 0. The van der Waals surface area contributed by atoms with Crippen LogP contribution in [0, 0.1) is 5.92 Å². The van der Waals surface area contributed by atoms with E-state index in [0.29, 0.717) is 12.8 Å². The van der Waals surface area contributed by atoms with Crippen LogP contribution in [0.4, 0.5) is 9.59 Å². The summed E-state index contributed by atoms with van der Waals surface area (Å²) in [5, 5.41) is 0. The minimum Gasteiger partial charge on any atom is -0.443 e. The van der Waals surface area contributed by atoms with E-state index in [-0.39, 0.29) is 18.1 Å². The molecule has 0 N–H and O–H groups in total. The van der Waals surface area contributed by atoms with Gasteiger partial charge in [0.05, 0.1) is 5.54 Å². The van der Waals surface area contributed by atoms with Gasteiger partial charge in [-0.05, 0) is 53.9 Å². The molecule has 0 saturated heterocycles. The molecule has 2 rings (SSSR count). The van der Waals surface area contributed by atoms with Crippen molar-refractivity contribution in [3.63, 3.8) is 0 Å². The molecule has 0 radical (unpaired) electrons. The molecule has 0 aliphatic heterocycles. The van der Waals surface area contributed by atoms with E-state index in [4.69, 9.17) is 9.47 Å². The molecular formula is C16H25NO5. The second-order valence-electron chi connectivity index (χ2n) is 8.22. The maximum absolute atomic E-state index is 12.5. The third-order valence-corrected chi connectivity index (χ3v) is 3.77. The van der Waals surface area contributed by atoms with Crippen LogP contribution in [-0.4, -0.2) is 39.6 Å². The monoisotopic (exact) mass is 311 g/mol. The van der Waals surface area contributed by atoms with Crippen molar-refractivity contribution in [1.82, 2.24) is 4.90 Å². The Morgan fingerprint density at radius 2 is 1.50 bits per heavy atom. The SMILES string of the molecule is CC(C)(C)OC(=O)N(C(=O)OC(C)(C)C)C12CC(=O)CC1C2. The molecule has 22 heavy (non-hydrogen) atoms. The number of carbonyl (C=O) groups is 3. The molecule has 124 valence electrons. The Kier molecular flexibility index (Phi) is 3.78. The van der Waals surface area contributed by atoms with E-state index in [0.717, 1.165) is 4.90 Å². The van der Waals surface area contributed by atoms with Crippen LogP contribution in [0.5, 0.6) is 0 Å². The van der Waals surface area contributed by atoms with Crippen LogP contribution in [0.2, 0.25) is 0 Å². The Morgan fingerprint density at radius 1 is 1.05 bits per heavy atom. The highest BCUT2D eigenvalue weighted by Crippen LogP contribution is 2.58. The molecule has 6 nitrogen and oxygen atoms in total. The average Bonchev–Trinajstić information content (AvgIpc) is 2.75. The molecule has 2 amide bonds. The largest absolute Gasteiger partial charge is 0.443 e. The topological polar surface area (TPSA) is 72.9 Å². The van der Waals surface area contributed by atoms with Crippen molar-refractivity contribution in [3.05, 3.63) is 0 Å². The lowest BCUT2D eigenvalue weighted by Gasteiger charge is -2.32. The normalized spacial score (nSPS) is 27.2. The number of fused-ring (bicyclic) bond motifs is 1. The predicted octanol–water partition coefficient (Wildman–Crippen LogP) is 3.28. The number of Topliss-reactive ketones (excluding diaryl/α,β-unsaturated/α-hetero) is 1. The highest BCUT2D eigenvalue weighted by molar-refractivity contribution is 5.94. The zero-order chi connectivity index (χ0) is 16.9. The summed E-state index contributed by atoms with van der Waals surface area (Å²) < 4.78 is 10.7. The van der Waals surface area contributed by atoms with E-state index in [2.05, 4.69) is 0 Å². The molecule has 6 heteroatoms. The maximum Gasteiger partial charge on any atom is 0.420 e. The number of amides is 2. The molecule has 0 bridgehead atoms. The predicted molar refractivity (Wildman–Crippen MR) is 79.4 cm³/mol. The smallest absolute Gasteiger partial charge is 0.420 e. The maximum atomic E-state index is 12.5. The first-order chi connectivity index (χ1) is 9.84. The number of hydrogen-bond acceptors (Lipinski definition) is 5. The third kappa shape index (κ3) is 3.42. The van der Waals surface area contributed by atoms with Gasteiger partial charge in [-0.2, -0.15) is 0 Å². The minimum atomic E-state index is -0.737. The van der Waals surface area contributed by atoms with Crippen molar-refractivity contribution in [2.45, 2.75) is 77.5 Å². The van der Waals surface area contributed by atoms with Gasteiger partial charge in [0.25, 0.3) is 0 Å². The summed E-state index contributed by atoms with van der Waals surface area (Å²) in [5.41, 5.74) is -2.18. The molecule has 2 unspecified atom stereocenters. The number of imide groups is 1. The molecule has 2 saturated carbocycles. The number of carbonyl (C=O) groups excluding carboxylic acids is 3. The van der Waals surface area contributed by atoms with Crippen molar-refractivity contribution in [2.24, 2.45) is 5.92 Å². The first-order valence-corrected chi connectivity index (χ1v) is 7.62. The molecular weight excluding hydrogens is 286 g/mol. The zero-order valence-electron chi connectivity index (χ0n) is 14.2. The molecule has 2 fully saturated rings. The Morgan fingerprint density at radius 3 is 1.82 bits per heavy atom. The van der Waals surface area contributed by atoms with Crippen LogP contribution in [0.25, 0.3) is 0 Å². The fourth-order valence-corrected chi connectivity index (χ4v) is 2.94. The van der Waals surface area contributed by atoms with Crippen LogP contribution in [0.15, 0.2) is 0 Å². The summed E-state index contributed by atoms with van der Waals surface area (Å²) in [4.78, 5) is 37.7. The van der Waals surface area contributed by atoms with Crippen molar-refractivity contribution in [2.75, 3.05) is 0 Å². The molecule has 2 atom stereocenters. The highest BCUT2D eigenvalue weighted by atomic mass is 16.6. The lowest BCUT2D eigenvalue weighted by molar-refractivity contribution is -0.118. The van der Waals surface area contributed by atoms with E-state index in [1.165, 1.54) is 0 Å². The molecule has 0 aromatic rings. The Balaban J connectivity index is 2.24.